The first-order valence-electron chi connectivity index (χ1n) is 8.57. The maximum atomic E-state index is 10.1. The van der Waals surface area contributed by atoms with E-state index in [0.717, 1.165) is 62.6 Å². The zero-order chi connectivity index (χ0) is 16.6. The number of aromatic nitrogens is 1. The molecule has 0 spiro atoms. The van der Waals surface area contributed by atoms with Crippen LogP contribution in [0.5, 0.6) is 5.75 Å². The standard InChI is InChI=1S/C19H25N3O2/c23-19-6-5-16(18-4-1-2-8-21-18)14-17(19)15-20-7-3-9-22-10-12-24-13-11-22/h1-2,4-6,8,14,20,23H,3,7,9-13,15H2. The fourth-order valence-corrected chi connectivity index (χ4v) is 2.90. The number of phenolic OH excluding ortho intramolecular Hbond substituents is 1. The van der Waals surface area contributed by atoms with Crippen LogP contribution in [-0.2, 0) is 11.3 Å². The SMILES string of the molecule is Oc1ccc(-c2ccccn2)cc1CNCCCN1CCOCC1. The number of ether oxygens (including phenoxy) is 1. The number of rotatable bonds is 7. The maximum Gasteiger partial charge on any atom is 0.120 e. The van der Waals surface area contributed by atoms with Crippen molar-refractivity contribution >= 4 is 0 Å². The van der Waals surface area contributed by atoms with E-state index in [4.69, 9.17) is 4.74 Å². The molecule has 2 aromatic rings. The van der Waals surface area contributed by atoms with Crippen molar-refractivity contribution in [1.82, 2.24) is 15.2 Å². The second-order valence-corrected chi connectivity index (χ2v) is 6.04. The van der Waals surface area contributed by atoms with Crippen LogP contribution < -0.4 is 5.32 Å². The summed E-state index contributed by atoms with van der Waals surface area (Å²) in [7, 11) is 0. The molecule has 1 aliphatic rings. The minimum atomic E-state index is 0.329. The third-order valence-corrected chi connectivity index (χ3v) is 4.29. The quantitative estimate of drug-likeness (QED) is 0.764. The van der Waals surface area contributed by atoms with Gasteiger partial charge in [0.25, 0.3) is 0 Å². The van der Waals surface area contributed by atoms with Crippen molar-refractivity contribution in [2.75, 3.05) is 39.4 Å². The second-order valence-electron chi connectivity index (χ2n) is 6.04. The van der Waals surface area contributed by atoms with E-state index < -0.39 is 0 Å². The van der Waals surface area contributed by atoms with E-state index in [1.807, 2.05) is 30.3 Å². The molecule has 2 N–H and O–H groups in total. The van der Waals surface area contributed by atoms with Crippen molar-refractivity contribution in [1.29, 1.82) is 0 Å². The molecule has 1 saturated heterocycles. The van der Waals surface area contributed by atoms with E-state index in [9.17, 15) is 5.11 Å². The first-order valence-corrected chi connectivity index (χ1v) is 8.57. The number of nitrogens with zero attached hydrogens (tertiary/aromatic N) is 2. The molecule has 0 amide bonds. The predicted molar refractivity (Wildman–Crippen MR) is 94.9 cm³/mol. The number of aromatic hydroxyl groups is 1. The van der Waals surface area contributed by atoms with E-state index in [2.05, 4.69) is 15.2 Å². The lowest BCUT2D eigenvalue weighted by Gasteiger charge is -2.26. The van der Waals surface area contributed by atoms with Gasteiger partial charge in [-0.2, -0.15) is 0 Å². The fourth-order valence-electron chi connectivity index (χ4n) is 2.90. The number of phenols is 1. The molecule has 2 heterocycles. The van der Waals surface area contributed by atoms with Crippen LogP contribution in [-0.4, -0.2) is 54.4 Å². The molecule has 5 heteroatoms. The molecule has 0 atom stereocenters. The van der Waals surface area contributed by atoms with Gasteiger partial charge in [-0.15, -0.1) is 0 Å². The summed E-state index contributed by atoms with van der Waals surface area (Å²) in [5.74, 6) is 0.329. The molecule has 0 aliphatic carbocycles. The van der Waals surface area contributed by atoms with Gasteiger partial charge in [-0.1, -0.05) is 6.07 Å². The summed E-state index contributed by atoms with van der Waals surface area (Å²) < 4.78 is 5.36. The summed E-state index contributed by atoms with van der Waals surface area (Å²) in [6.07, 6.45) is 2.88. The second kappa shape index (κ2) is 8.78. The minimum absolute atomic E-state index is 0.329. The zero-order valence-electron chi connectivity index (χ0n) is 13.9. The van der Waals surface area contributed by atoms with Crippen LogP contribution in [0.1, 0.15) is 12.0 Å². The summed E-state index contributed by atoms with van der Waals surface area (Å²) in [5, 5.41) is 13.5. The van der Waals surface area contributed by atoms with E-state index in [0.29, 0.717) is 12.3 Å². The monoisotopic (exact) mass is 327 g/mol. The third kappa shape index (κ3) is 4.77. The molecule has 1 aliphatic heterocycles. The van der Waals surface area contributed by atoms with E-state index in [-0.39, 0.29) is 0 Å². The van der Waals surface area contributed by atoms with E-state index in [1.54, 1.807) is 12.3 Å². The highest BCUT2D eigenvalue weighted by molar-refractivity contribution is 5.61. The minimum Gasteiger partial charge on any atom is -0.508 e. The topological polar surface area (TPSA) is 57.6 Å². The van der Waals surface area contributed by atoms with Gasteiger partial charge in [0, 0.05) is 37.0 Å². The number of benzene rings is 1. The van der Waals surface area contributed by atoms with Crippen molar-refractivity contribution in [3.63, 3.8) is 0 Å². The molecule has 24 heavy (non-hydrogen) atoms. The van der Waals surface area contributed by atoms with Gasteiger partial charge in [0.05, 0.1) is 18.9 Å². The van der Waals surface area contributed by atoms with Gasteiger partial charge >= 0.3 is 0 Å². The highest BCUT2D eigenvalue weighted by Gasteiger charge is 2.09. The lowest BCUT2D eigenvalue weighted by atomic mass is 10.1. The molecule has 0 radical (unpaired) electrons. The van der Waals surface area contributed by atoms with Gasteiger partial charge in [-0.05, 0) is 49.8 Å². The number of nitrogens with one attached hydrogen (secondary N) is 1. The number of morpholine rings is 1. The highest BCUT2D eigenvalue weighted by atomic mass is 16.5. The summed E-state index contributed by atoms with van der Waals surface area (Å²) in [4.78, 5) is 6.80. The Balaban J connectivity index is 1.48. The molecular formula is C19H25N3O2. The molecule has 1 aromatic carbocycles. The Bertz CT molecular complexity index is 628. The van der Waals surface area contributed by atoms with Crippen LogP contribution in [0.25, 0.3) is 11.3 Å². The first-order chi connectivity index (χ1) is 11.8. The van der Waals surface area contributed by atoms with Crippen LogP contribution in [0, 0.1) is 0 Å². The maximum absolute atomic E-state index is 10.1. The summed E-state index contributed by atoms with van der Waals surface area (Å²) >= 11 is 0. The Morgan fingerprint density at radius 3 is 2.83 bits per heavy atom. The largest absolute Gasteiger partial charge is 0.508 e. The summed E-state index contributed by atoms with van der Waals surface area (Å²) in [6.45, 7) is 6.46. The normalized spacial score (nSPS) is 15.5. The van der Waals surface area contributed by atoms with Crippen molar-refractivity contribution in [2.24, 2.45) is 0 Å². The molecule has 0 saturated carbocycles. The van der Waals surface area contributed by atoms with Crippen molar-refractivity contribution in [2.45, 2.75) is 13.0 Å². The van der Waals surface area contributed by atoms with E-state index >= 15 is 0 Å². The summed E-state index contributed by atoms with van der Waals surface area (Å²) in [6, 6.07) is 11.5. The highest BCUT2D eigenvalue weighted by Crippen LogP contribution is 2.24. The Labute approximate surface area is 143 Å². The first kappa shape index (κ1) is 16.9. The molecule has 1 aromatic heterocycles. The fraction of sp³-hybridized carbons (Fsp3) is 0.421. The zero-order valence-corrected chi connectivity index (χ0v) is 13.9. The lowest BCUT2D eigenvalue weighted by molar-refractivity contribution is 0.0374. The Hall–Kier alpha value is -1.95. The molecule has 1 fully saturated rings. The molecule has 0 bridgehead atoms. The average Bonchev–Trinajstić information content (AvgIpc) is 2.64. The molecule has 3 rings (SSSR count). The van der Waals surface area contributed by atoms with Crippen LogP contribution in [0.3, 0.4) is 0 Å². The molecule has 5 nitrogen and oxygen atoms in total. The van der Waals surface area contributed by atoms with Gasteiger partial charge in [-0.3, -0.25) is 9.88 Å². The molecule has 0 unspecified atom stereocenters. The van der Waals surface area contributed by atoms with Crippen molar-refractivity contribution < 1.29 is 9.84 Å². The number of hydrogen-bond donors (Lipinski definition) is 2. The average molecular weight is 327 g/mol. The summed E-state index contributed by atoms with van der Waals surface area (Å²) in [5.41, 5.74) is 2.86. The van der Waals surface area contributed by atoms with Crippen LogP contribution in [0.2, 0.25) is 0 Å². The molecule has 128 valence electrons. The number of hydrogen-bond acceptors (Lipinski definition) is 5. The lowest BCUT2D eigenvalue weighted by Crippen LogP contribution is -2.37. The smallest absolute Gasteiger partial charge is 0.120 e. The van der Waals surface area contributed by atoms with Crippen LogP contribution in [0.15, 0.2) is 42.6 Å². The predicted octanol–water partition coefficient (Wildman–Crippen LogP) is 2.27. The van der Waals surface area contributed by atoms with Crippen molar-refractivity contribution in [3.8, 4) is 17.0 Å². The van der Waals surface area contributed by atoms with E-state index in [1.165, 1.54) is 0 Å². The van der Waals surface area contributed by atoms with Crippen molar-refractivity contribution in [3.05, 3.63) is 48.2 Å². The van der Waals surface area contributed by atoms with Gasteiger partial charge in [0.15, 0.2) is 0 Å². The Morgan fingerprint density at radius 1 is 1.17 bits per heavy atom. The van der Waals surface area contributed by atoms with Gasteiger partial charge in [0.1, 0.15) is 5.75 Å². The van der Waals surface area contributed by atoms with Crippen LogP contribution >= 0.6 is 0 Å². The van der Waals surface area contributed by atoms with Crippen LogP contribution in [0.4, 0.5) is 0 Å². The van der Waals surface area contributed by atoms with Gasteiger partial charge in [0.2, 0.25) is 0 Å². The Kier molecular flexibility index (Phi) is 6.18. The van der Waals surface area contributed by atoms with Gasteiger partial charge < -0.3 is 15.2 Å². The molecular weight excluding hydrogens is 302 g/mol. The van der Waals surface area contributed by atoms with Gasteiger partial charge in [-0.25, -0.2) is 0 Å². The number of pyridine rings is 1. The Morgan fingerprint density at radius 2 is 2.04 bits per heavy atom. The third-order valence-electron chi connectivity index (χ3n) is 4.29.